The van der Waals surface area contributed by atoms with E-state index >= 15 is 0 Å². The molecule has 0 unspecified atom stereocenters. The zero-order valence-corrected chi connectivity index (χ0v) is 11.3. The Morgan fingerprint density at radius 1 is 1.45 bits per heavy atom. The predicted octanol–water partition coefficient (Wildman–Crippen LogP) is 1.03. The summed E-state index contributed by atoms with van der Waals surface area (Å²) in [6, 6.07) is 5.54. The van der Waals surface area contributed by atoms with Gasteiger partial charge in [-0.3, -0.25) is 4.79 Å². The van der Waals surface area contributed by atoms with Gasteiger partial charge >= 0.3 is 0 Å². The van der Waals surface area contributed by atoms with Gasteiger partial charge in [0.15, 0.2) is 6.61 Å². The molecule has 2 heterocycles. The molecule has 104 valence electrons. The number of hydrogen-bond acceptors (Lipinski definition) is 4. The molecule has 6 nitrogen and oxygen atoms in total. The van der Waals surface area contributed by atoms with E-state index in [0.29, 0.717) is 5.75 Å². The molecule has 1 aromatic heterocycles. The van der Waals surface area contributed by atoms with Gasteiger partial charge in [-0.25, -0.2) is 4.68 Å². The summed E-state index contributed by atoms with van der Waals surface area (Å²) in [7, 11) is 1.73. The zero-order chi connectivity index (χ0) is 14.3. The van der Waals surface area contributed by atoms with Crippen LogP contribution >= 0.6 is 0 Å². The molecule has 6 heteroatoms. The first-order valence-electron chi connectivity index (χ1n) is 6.30. The number of carbonyl (C=O) groups excluding carboxylic acids is 1. The van der Waals surface area contributed by atoms with Crippen molar-refractivity contribution in [2.75, 3.05) is 18.6 Å². The summed E-state index contributed by atoms with van der Waals surface area (Å²) in [5, 5.41) is 13.6. The highest BCUT2D eigenvalue weighted by molar-refractivity contribution is 5.97. The van der Waals surface area contributed by atoms with Crippen LogP contribution in [0.4, 0.5) is 5.69 Å². The van der Waals surface area contributed by atoms with Gasteiger partial charge in [0.2, 0.25) is 0 Å². The summed E-state index contributed by atoms with van der Waals surface area (Å²) < 4.78 is 7.15. The fourth-order valence-electron chi connectivity index (χ4n) is 2.19. The van der Waals surface area contributed by atoms with Crippen LogP contribution < -0.4 is 9.64 Å². The normalized spacial score (nSPS) is 14.2. The number of fused-ring (bicyclic) bond motifs is 1. The van der Waals surface area contributed by atoms with Crippen molar-refractivity contribution in [3.05, 3.63) is 35.7 Å². The van der Waals surface area contributed by atoms with E-state index in [9.17, 15) is 9.90 Å². The molecule has 0 saturated carbocycles. The maximum atomic E-state index is 11.6. The number of carbonyl (C=O) groups is 1. The Kier molecular flexibility index (Phi) is 2.94. The minimum Gasteiger partial charge on any atom is -0.481 e. The molecule has 3 rings (SSSR count). The third kappa shape index (κ3) is 1.94. The number of amides is 1. The number of anilines is 1. The number of aromatic nitrogens is 2. The summed E-state index contributed by atoms with van der Waals surface area (Å²) in [5.41, 5.74) is 3.15. The molecule has 1 amide bonds. The summed E-state index contributed by atoms with van der Waals surface area (Å²) >= 11 is 0. The Balaban J connectivity index is 2.02. The Bertz CT molecular complexity index is 678. The summed E-state index contributed by atoms with van der Waals surface area (Å²) in [4.78, 5) is 13.1. The van der Waals surface area contributed by atoms with E-state index in [4.69, 9.17) is 4.74 Å². The molecule has 0 fully saturated rings. The number of rotatable bonds is 2. The van der Waals surface area contributed by atoms with Crippen LogP contribution in [0.1, 0.15) is 11.3 Å². The van der Waals surface area contributed by atoms with E-state index in [1.54, 1.807) is 22.8 Å². The van der Waals surface area contributed by atoms with E-state index in [2.05, 4.69) is 5.10 Å². The first-order valence-corrected chi connectivity index (χ1v) is 6.30. The lowest BCUT2D eigenvalue weighted by molar-refractivity contribution is -0.120. The van der Waals surface area contributed by atoms with Crippen molar-refractivity contribution in [1.82, 2.24) is 9.78 Å². The number of nitrogens with zero attached hydrogens (tertiary/aromatic N) is 3. The number of aliphatic hydroxyl groups is 1. The highest BCUT2D eigenvalue weighted by Crippen LogP contribution is 2.33. The lowest BCUT2D eigenvalue weighted by Crippen LogP contribution is -2.35. The fourth-order valence-corrected chi connectivity index (χ4v) is 2.19. The third-order valence-corrected chi connectivity index (χ3v) is 3.47. The second-order valence-corrected chi connectivity index (χ2v) is 4.74. The lowest BCUT2D eigenvalue weighted by atomic mass is 10.2. The van der Waals surface area contributed by atoms with Crippen LogP contribution in [0.2, 0.25) is 0 Å². The second kappa shape index (κ2) is 4.64. The highest BCUT2D eigenvalue weighted by atomic mass is 16.5. The molecule has 2 aromatic rings. The minimum absolute atomic E-state index is 0.0372. The molecular weight excluding hydrogens is 258 g/mol. The number of aryl methyl sites for hydroxylation is 1. The van der Waals surface area contributed by atoms with Crippen LogP contribution in [0.15, 0.2) is 24.4 Å². The van der Waals surface area contributed by atoms with Gasteiger partial charge in [0.05, 0.1) is 23.7 Å². The first-order chi connectivity index (χ1) is 9.60. The third-order valence-electron chi connectivity index (χ3n) is 3.47. The molecule has 1 aromatic carbocycles. The van der Waals surface area contributed by atoms with E-state index in [1.165, 1.54) is 0 Å². The molecule has 0 radical (unpaired) electrons. The molecule has 0 saturated heterocycles. The van der Waals surface area contributed by atoms with Gasteiger partial charge < -0.3 is 14.7 Å². The summed E-state index contributed by atoms with van der Waals surface area (Å²) in [6.07, 6.45) is 1.79. The Labute approximate surface area is 116 Å². The molecule has 0 bridgehead atoms. The summed E-state index contributed by atoms with van der Waals surface area (Å²) in [5.74, 6) is 0.589. The van der Waals surface area contributed by atoms with Crippen molar-refractivity contribution in [3.8, 4) is 11.4 Å². The van der Waals surface area contributed by atoms with Crippen LogP contribution in [-0.2, 0) is 11.4 Å². The standard InChI is InChI=1S/C14H15N3O3/c1-9-10(7-18)6-17(15-9)11-3-4-12-13(5-11)20-8-14(19)16(12)2/h3-6,18H,7-8H2,1-2H3. The van der Waals surface area contributed by atoms with Crippen LogP contribution in [0, 0.1) is 6.92 Å². The van der Waals surface area contributed by atoms with Gasteiger partial charge in [-0.15, -0.1) is 0 Å². The topological polar surface area (TPSA) is 67.6 Å². The average Bonchev–Trinajstić information content (AvgIpc) is 2.84. The van der Waals surface area contributed by atoms with Crippen molar-refractivity contribution in [1.29, 1.82) is 0 Å². The second-order valence-electron chi connectivity index (χ2n) is 4.74. The number of ether oxygens (including phenoxy) is 1. The first kappa shape index (κ1) is 12.7. The Morgan fingerprint density at radius 3 is 2.95 bits per heavy atom. The van der Waals surface area contributed by atoms with Crippen molar-refractivity contribution < 1.29 is 14.6 Å². The van der Waals surface area contributed by atoms with Gasteiger partial charge in [0.1, 0.15) is 5.75 Å². The number of benzene rings is 1. The molecule has 0 spiro atoms. The predicted molar refractivity (Wildman–Crippen MR) is 73.1 cm³/mol. The highest BCUT2D eigenvalue weighted by Gasteiger charge is 2.22. The molecule has 0 aliphatic carbocycles. The van der Waals surface area contributed by atoms with Crippen LogP contribution in [0.3, 0.4) is 0 Å². The van der Waals surface area contributed by atoms with E-state index in [1.807, 2.05) is 25.1 Å². The van der Waals surface area contributed by atoms with Crippen molar-refractivity contribution >= 4 is 11.6 Å². The Hall–Kier alpha value is -2.34. The Morgan fingerprint density at radius 2 is 2.25 bits per heavy atom. The molecular formula is C14H15N3O3. The van der Waals surface area contributed by atoms with E-state index < -0.39 is 0 Å². The van der Waals surface area contributed by atoms with E-state index in [0.717, 1.165) is 22.6 Å². The molecule has 20 heavy (non-hydrogen) atoms. The maximum absolute atomic E-state index is 11.6. The van der Waals surface area contributed by atoms with Gasteiger partial charge in [0.25, 0.3) is 5.91 Å². The van der Waals surface area contributed by atoms with Gasteiger partial charge in [-0.2, -0.15) is 5.10 Å². The van der Waals surface area contributed by atoms with Crippen LogP contribution in [0.5, 0.6) is 5.75 Å². The van der Waals surface area contributed by atoms with Gasteiger partial charge in [-0.1, -0.05) is 0 Å². The van der Waals surface area contributed by atoms with Crippen LogP contribution in [-0.4, -0.2) is 34.4 Å². The smallest absolute Gasteiger partial charge is 0.264 e. The zero-order valence-electron chi connectivity index (χ0n) is 11.3. The molecule has 0 atom stereocenters. The van der Waals surface area contributed by atoms with Crippen molar-refractivity contribution in [3.63, 3.8) is 0 Å². The fraction of sp³-hybridized carbons (Fsp3) is 0.286. The maximum Gasteiger partial charge on any atom is 0.264 e. The lowest BCUT2D eigenvalue weighted by Gasteiger charge is -2.26. The van der Waals surface area contributed by atoms with Crippen LogP contribution in [0.25, 0.3) is 5.69 Å². The van der Waals surface area contributed by atoms with Gasteiger partial charge in [0, 0.05) is 24.9 Å². The minimum atomic E-state index is -0.0669. The van der Waals surface area contributed by atoms with Crippen molar-refractivity contribution in [2.45, 2.75) is 13.5 Å². The monoisotopic (exact) mass is 273 g/mol. The SMILES string of the molecule is Cc1nn(-c2ccc3c(c2)OCC(=O)N3C)cc1CO. The quantitative estimate of drug-likeness (QED) is 0.887. The number of likely N-dealkylation sites (N-methyl/N-ethyl adjacent to an activating group) is 1. The number of aliphatic hydroxyl groups excluding tert-OH is 1. The molecule has 1 aliphatic heterocycles. The largest absolute Gasteiger partial charge is 0.481 e. The van der Waals surface area contributed by atoms with Gasteiger partial charge in [-0.05, 0) is 19.1 Å². The van der Waals surface area contributed by atoms with E-state index in [-0.39, 0.29) is 19.1 Å². The van der Waals surface area contributed by atoms with Crippen molar-refractivity contribution in [2.24, 2.45) is 0 Å². The summed E-state index contributed by atoms with van der Waals surface area (Å²) in [6.45, 7) is 1.86. The average molecular weight is 273 g/mol. The number of hydrogen-bond donors (Lipinski definition) is 1. The molecule has 1 N–H and O–H groups in total. The molecule has 1 aliphatic rings.